The Morgan fingerprint density at radius 2 is 1.90 bits per heavy atom. The highest BCUT2D eigenvalue weighted by atomic mass is 19.1. The van der Waals surface area contributed by atoms with E-state index >= 15 is 0 Å². The Morgan fingerprint density at radius 1 is 1.24 bits per heavy atom. The Kier molecular flexibility index (Phi) is 4.42. The van der Waals surface area contributed by atoms with E-state index in [1.54, 1.807) is 0 Å². The maximum atomic E-state index is 13.0. The fraction of sp³-hybridized carbons (Fsp3) is 0.214. The summed E-state index contributed by atoms with van der Waals surface area (Å²) in [6, 6.07) is 5.17. The first-order chi connectivity index (χ1) is 9.99. The number of hydrogen-bond donors (Lipinski definition) is 1. The average Bonchev–Trinajstić information content (AvgIpc) is 2.40. The van der Waals surface area contributed by atoms with Crippen molar-refractivity contribution >= 4 is 11.6 Å². The van der Waals surface area contributed by atoms with Crippen molar-refractivity contribution < 1.29 is 13.6 Å². The van der Waals surface area contributed by atoms with Crippen molar-refractivity contribution in [2.75, 3.05) is 5.32 Å². The predicted octanol–water partition coefficient (Wildman–Crippen LogP) is 2.18. The van der Waals surface area contributed by atoms with Crippen molar-refractivity contribution in [3.05, 3.63) is 58.0 Å². The fourth-order valence-electron chi connectivity index (χ4n) is 1.76. The standard InChI is InChI=1S/C14H13F2N3O2/c1-2-5-19-13(20)4-3-12(18-19)14(21)17-11-7-9(15)6-10(16)8-11/h3-4,6-8H,2,5H2,1H3,(H,17,21). The van der Waals surface area contributed by atoms with Gasteiger partial charge in [0, 0.05) is 24.4 Å². The second kappa shape index (κ2) is 6.25. The van der Waals surface area contributed by atoms with Gasteiger partial charge in [0.2, 0.25) is 0 Å². The molecule has 0 radical (unpaired) electrons. The van der Waals surface area contributed by atoms with Gasteiger partial charge in [-0.15, -0.1) is 0 Å². The zero-order valence-corrected chi connectivity index (χ0v) is 11.3. The summed E-state index contributed by atoms with van der Waals surface area (Å²) in [5.74, 6) is -2.24. The van der Waals surface area contributed by atoms with Crippen molar-refractivity contribution in [2.45, 2.75) is 19.9 Å². The Morgan fingerprint density at radius 3 is 2.52 bits per heavy atom. The van der Waals surface area contributed by atoms with E-state index in [1.807, 2.05) is 6.92 Å². The van der Waals surface area contributed by atoms with E-state index in [0.29, 0.717) is 19.0 Å². The molecule has 5 nitrogen and oxygen atoms in total. The van der Waals surface area contributed by atoms with Crippen molar-refractivity contribution in [3.63, 3.8) is 0 Å². The number of hydrogen-bond acceptors (Lipinski definition) is 3. The Balaban J connectivity index is 2.24. The number of anilines is 1. The third-order valence-corrected chi connectivity index (χ3v) is 2.66. The van der Waals surface area contributed by atoms with Gasteiger partial charge in [-0.05, 0) is 24.6 Å². The predicted molar refractivity (Wildman–Crippen MR) is 73.1 cm³/mol. The lowest BCUT2D eigenvalue weighted by atomic mass is 10.3. The number of amides is 1. The number of carbonyl (C=O) groups excluding carboxylic acids is 1. The normalized spacial score (nSPS) is 10.4. The third-order valence-electron chi connectivity index (χ3n) is 2.66. The SMILES string of the molecule is CCCn1nc(C(=O)Nc2cc(F)cc(F)c2)ccc1=O. The minimum Gasteiger partial charge on any atom is -0.320 e. The summed E-state index contributed by atoms with van der Waals surface area (Å²) >= 11 is 0. The number of nitrogens with one attached hydrogen (secondary N) is 1. The summed E-state index contributed by atoms with van der Waals surface area (Å²) in [6.45, 7) is 2.25. The van der Waals surface area contributed by atoms with E-state index in [-0.39, 0.29) is 16.9 Å². The molecule has 0 aliphatic heterocycles. The second-order valence-corrected chi connectivity index (χ2v) is 4.39. The molecule has 1 N–H and O–H groups in total. The molecule has 0 aliphatic carbocycles. The van der Waals surface area contributed by atoms with Crippen LogP contribution >= 0.6 is 0 Å². The molecule has 0 aliphatic rings. The lowest BCUT2D eigenvalue weighted by Crippen LogP contribution is -2.26. The lowest BCUT2D eigenvalue weighted by Gasteiger charge is -2.07. The first-order valence-electron chi connectivity index (χ1n) is 6.35. The molecule has 1 aromatic heterocycles. The number of carbonyl (C=O) groups is 1. The minimum atomic E-state index is -0.797. The molecular weight excluding hydrogens is 280 g/mol. The molecule has 0 spiro atoms. The smallest absolute Gasteiger partial charge is 0.276 e. The van der Waals surface area contributed by atoms with Crippen LogP contribution in [0.4, 0.5) is 14.5 Å². The highest BCUT2D eigenvalue weighted by Crippen LogP contribution is 2.13. The van der Waals surface area contributed by atoms with Gasteiger partial charge < -0.3 is 5.32 Å². The van der Waals surface area contributed by atoms with Crippen LogP contribution in [0, 0.1) is 11.6 Å². The number of aryl methyl sites for hydroxylation is 1. The molecule has 21 heavy (non-hydrogen) atoms. The van der Waals surface area contributed by atoms with Crippen LogP contribution in [-0.2, 0) is 6.54 Å². The number of rotatable bonds is 4. The quantitative estimate of drug-likeness (QED) is 0.939. The van der Waals surface area contributed by atoms with E-state index in [1.165, 1.54) is 16.8 Å². The Labute approximate surface area is 119 Å². The lowest BCUT2D eigenvalue weighted by molar-refractivity contribution is 0.101. The van der Waals surface area contributed by atoms with Gasteiger partial charge in [0.1, 0.15) is 17.3 Å². The Bertz CT molecular complexity index is 708. The molecule has 0 saturated heterocycles. The number of aromatic nitrogens is 2. The monoisotopic (exact) mass is 293 g/mol. The minimum absolute atomic E-state index is 0.00674. The Hall–Kier alpha value is -2.57. The van der Waals surface area contributed by atoms with Crippen molar-refractivity contribution in [3.8, 4) is 0 Å². The first kappa shape index (κ1) is 14.8. The van der Waals surface area contributed by atoms with Gasteiger partial charge in [0.15, 0.2) is 0 Å². The van der Waals surface area contributed by atoms with Crippen LogP contribution in [0.3, 0.4) is 0 Å². The summed E-state index contributed by atoms with van der Waals surface area (Å²) < 4.78 is 27.3. The molecule has 0 saturated carbocycles. The van der Waals surface area contributed by atoms with Gasteiger partial charge in [-0.2, -0.15) is 5.10 Å². The molecule has 2 rings (SSSR count). The van der Waals surface area contributed by atoms with Crippen LogP contribution in [0.2, 0.25) is 0 Å². The van der Waals surface area contributed by atoms with Crippen LogP contribution in [0.1, 0.15) is 23.8 Å². The largest absolute Gasteiger partial charge is 0.320 e. The number of halogens is 2. The summed E-state index contributed by atoms with van der Waals surface area (Å²) in [5.41, 5.74) is -0.342. The van der Waals surface area contributed by atoms with Gasteiger partial charge in [-0.1, -0.05) is 6.92 Å². The molecule has 1 heterocycles. The van der Waals surface area contributed by atoms with Crippen molar-refractivity contribution in [2.24, 2.45) is 0 Å². The molecule has 1 aromatic carbocycles. The summed E-state index contributed by atoms with van der Waals surface area (Å²) in [6.07, 6.45) is 0.688. The molecule has 0 bridgehead atoms. The topological polar surface area (TPSA) is 64.0 Å². The molecule has 0 atom stereocenters. The zero-order valence-electron chi connectivity index (χ0n) is 11.3. The van der Waals surface area contributed by atoms with Gasteiger partial charge in [0.25, 0.3) is 11.5 Å². The average molecular weight is 293 g/mol. The summed E-state index contributed by atoms with van der Waals surface area (Å²) in [5, 5.41) is 6.24. The highest BCUT2D eigenvalue weighted by molar-refractivity contribution is 6.02. The molecule has 1 amide bonds. The maximum absolute atomic E-state index is 13.0. The summed E-state index contributed by atoms with van der Waals surface area (Å²) in [4.78, 5) is 23.5. The van der Waals surface area contributed by atoms with Crippen LogP contribution in [0.15, 0.2) is 35.1 Å². The highest BCUT2D eigenvalue weighted by Gasteiger charge is 2.11. The van der Waals surface area contributed by atoms with E-state index in [0.717, 1.165) is 12.1 Å². The molecule has 2 aromatic rings. The van der Waals surface area contributed by atoms with Gasteiger partial charge in [-0.3, -0.25) is 9.59 Å². The second-order valence-electron chi connectivity index (χ2n) is 4.39. The van der Waals surface area contributed by atoms with Crippen LogP contribution < -0.4 is 10.9 Å². The number of benzene rings is 1. The van der Waals surface area contributed by atoms with Crippen LogP contribution in [-0.4, -0.2) is 15.7 Å². The number of nitrogens with zero attached hydrogens (tertiary/aromatic N) is 2. The maximum Gasteiger partial charge on any atom is 0.276 e. The molecular formula is C14H13F2N3O2. The van der Waals surface area contributed by atoms with Gasteiger partial charge >= 0.3 is 0 Å². The zero-order chi connectivity index (χ0) is 15.4. The van der Waals surface area contributed by atoms with E-state index < -0.39 is 17.5 Å². The van der Waals surface area contributed by atoms with Crippen LogP contribution in [0.5, 0.6) is 0 Å². The van der Waals surface area contributed by atoms with Gasteiger partial charge in [-0.25, -0.2) is 13.5 Å². The molecule has 0 fully saturated rings. The molecule has 110 valence electrons. The first-order valence-corrected chi connectivity index (χ1v) is 6.35. The van der Waals surface area contributed by atoms with Gasteiger partial charge in [0.05, 0.1) is 0 Å². The molecule has 0 unspecified atom stereocenters. The van der Waals surface area contributed by atoms with E-state index in [2.05, 4.69) is 10.4 Å². The van der Waals surface area contributed by atoms with E-state index in [9.17, 15) is 18.4 Å². The van der Waals surface area contributed by atoms with Crippen LogP contribution in [0.25, 0.3) is 0 Å². The summed E-state index contributed by atoms with van der Waals surface area (Å²) in [7, 11) is 0. The van der Waals surface area contributed by atoms with E-state index in [4.69, 9.17) is 0 Å². The van der Waals surface area contributed by atoms with Crippen molar-refractivity contribution in [1.82, 2.24) is 9.78 Å². The van der Waals surface area contributed by atoms with Crippen molar-refractivity contribution in [1.29, 1.82) is 0 Å². The fourth-order valence-corrected chi connectivity index (χ4v) is 1.76. The third kappa shape index (κ3) is 3.71. The molecule has 7 heteroatoms.